The zero-order valence-electron chi connectivity index (χ0n) is 6.78. The molecule has 58 valence electrons. The minimum Gasteiger partial charge on any atom is -0.297 e. The monoisotopic (exact) mass is 140 g/mol. The summed E-state index contributed by atoms with van der Waals surface area (Å²) in [6.07, 6.45) is 3.83. The quantitative estimate of drug-likeness (QED) is 0.556. The fourth-order valence-corrected chi connectivity index (χ4v) is 1.27. The number of allylic oxidation sites excluding steroid dienone is 1. The molecule has 1 aliphatic rings. The molecule has 1 aliphatic heterocycles. The molecule has 0 unspecified atom stereocenters. The van der Waals surface area contributed by atoms with Crippen LogP contribution in [-0.2, 0) is 0 Å². The van der Waals surface area contributed by atoms with E-state index in [4.69, 9.17) is 0 Å². The van der Waals surface area contributed by atoms with Crippen LogP contribution in [0, 0.1) is 0 Å². The van der Waals surface area contributed by atoms with Crippen LogP contribution >= 0.6 is 0 Å². The van der Waals surface area contributed by atoms with Crippen LogP contribution in [0.4, 0.5) is 0 Å². The van der Waals surface area contributed by atoms with Gasteiger partial charge < -0.3 is 0 Å². The molecule has 1 fully saturated rings. The molecule has 0 aromatic carbocycles. The Morgan fingerprint density at radius 3 is 2.60 bits per heavy atom. The second kappa shape index (κ2) is 3.74. The summed E-state index contributed by atoms with van der Waals surface area (Å²) in [5.74, 6) is 0. The van der Waals surface area contributed by atoms with Crippen LogP contribution in [0.2, 0.25) is 0 Å². The molecule has 0 aliphatic carbocycles. The van der Waals surface area contributed by atoms with E-state index in [1.807, 2.05) is 0 Å². The van der Waals surface area contributed by atoms with Crippen molar-refractivity contribution in [2.75, 3.05) is 13.1 Å². The van der Waals surface area contributed by atoms with E-state index in [9.17, 15) is 0 Å². The Hall–Kier alpha value is -0.340. The molecule has 2 heteroatoms. The van der Waals surface area contributed by atoms with Crippen molar-refractivity contribution in [2.45, 2.75) is 26.4 Å². The van der Waals surface area contributed by atoms with Crippen LogP contribution in [-0.4, -0.2) is 19.3 Å². The van der Waals surface area contributed by atoms with Gasteiger partial charge in [0.1, 0.15) is 0 Å². The van der Waals surface area contributed by atoms with Gasteiger partial charge >= 0.3 is 0 Å². The van der Waals surface area contributed by atoms with Gasteiger partial charge in [-0.1, -0.05) is 13.0 Å². The molecule has 1 saturated heterocycles. The second-order valence-electron chi connectivity index (χ2n) is 2.70. The lowest BCUT2D eigenvalue weighted by Gasteiger charge is -2.10. The predicted octanol–water partition coefficient (Wildman–Crippen LogP) is 0.862. The zero-order valence-corrected chi connectivity index (χ0v) is 6.78. The van der Waals surface area contributed by atoms with Gasteiger partial charge in [0.15, 0.2) is 0 Å². The first-order chi connectivity index (χ1) is 4.84. The first kappa shape index (κ1) is 7.76. The van der Waals surface area contributed by atoms with Gasteiger partial charge in [-0.25, -0.2) is 0 Å². The number of hydrogen-bond acceptors (Lipinski definition) is 2. The van der Waals surface area contributed by atoms with Gasteiger partial charge in [-0.2, -0.15) is 0 Å². The highest BCUT2D eigenvalue weighted by atomic mass is 15.2. The molecule has 0 radical (unpaired) electrons. The molecule has 0 spiro atoms. The van der Waals surface area contributed by atoms with Gasteiger partial charge in [0, 0.05) is 13.1 Å². The first-order valence-corrected chi connectivity index (χ1v) is 3.98. The summed E-state index contributed by atoms with van der Waals surface area (Å²) < 4.78 is 0. The van der Waals surface area contributed by atoms with E-state index < -0.39 is 0 Å². The maximum atomic E-state index is 3.36. The van der Waals surface area contributed by atoms with Crippen LogP contribution in [0.5, 0.6) is 0 Å². The summed E-state index contributed by atoms with van der Waals surface area (Å²) in [7, 11) is 0. The van der Waals surface area contributed by atoms with E-state index in [0.717, 1.165) is 19.5 Å². The van der Waals surface area contributed by atoms with Crippen LogP contribution in [0.15, 0.2) is 11.6 Å². The van der Waals surface area contributed by atoms with Gasteiger partial charge in [0.2, 0.25) is 0 Å². The third kappa shape index (κ3) is 1.82. The molecular weight excluding hydrogens is 124 g/mol. The second-order valence-corrected chi connectivity index (χ2v) is 2.70. The Kier molecular flexibility index (Phi) is 2.90. The summed E-state index contributed by atoms with van der Waals surface area (Å²) in [6, 6.07) is 0. The fraction of sp³-hybridized carbons (Fsp3) is 0.750. The van der Waals surface area contributed by atoms with E-state index in [1.54, 1.807) is 0 Å². The van der Waals surface area contributed by atoms with E-state index in [2.05, 4.69) is 30.6 Å². The van der Waals surface area contributed by atoms with Crippen LogP contribution in [0.1, 0.15) is 20.3 Å². The van der Waals surface area contributed by atoms with Crippen LogP contribution in [0.25, 0.3) is 0 Å². The average Bonchev–Trinajstić information content (AvgIpc) is 2.38. The summed E-state index contributed by atoms with van der Waals surface area (Å²) in [4.78, 5) is 0. The maximum Gasteiger partial charge on any atom is 0.0792 e. The Labute approximate surface area is 62.7 Å². The van der Waals surface area contributed by atoms with Crippen LogP contribution in [0.3, 0.4) is 0 Å². The zero-order chi connectivity index (χ0) is 7.40. The summed E-state index contributed by atoms with van der Waals surface area (Å²) in [5, 5.41) is 6.72. The Morgan fingerprint density at radius 1 is 1.50 bits per heavy atom. The lowest BCUT2D eigenvalue weighted by atomic mass is 10.2. The normalized spacial score (nSPS) is 22.0. The smallest absolute Gasteiger partial charge is 0.0792 e. The third-order valence-electron chi connectivity index (χ3n) is 1.80. The van der Waals surface area contributed by atoms with Crippen molar-refractivity contribution in [3.8, 4) is 0 Å². The summed E-state index contributed by atoms with van der Waals surface area (Å²) in [5.41, 5.74) is 1.42. The molecule has 1 heterocycles. The first-order valence-electron chi connectivity index (χ1n) is 3.98. The minimum absolute atomic E-state index is 0.444. The third-order valence-corrected chi connectivity index (χ3v) is 1.80. The molecule has 10 heavy (non-hydrogen) atoms. The molecule has 1 rings (SSSR count). The Balaban J connectivity index is 2.39. The van der Waals surface area contributed by atoms with Gasteiger partial charge in [-0.15, -0.1) is 0 Å². The van der Waals surface area contributed by atoms with Gasteiger partial charge in [-0.05, 0) is 18.9 Å². The SMILES string of the molecule is CC/C=C(\C)C1NCCN1. The van der Waals surface area contributed by atoms with E-state index in [-0.39, 0.29) is 0 Å². The molecule has 0 amide bonds. The molecule has 0 saturated carbocycles. The Morgan fingerprint density at radius 2 is 2.10 bits per heavy atom. The number of rotatable bonds is 2. The molecule has 0 aromatic heterocycles. The van der Waals surface area contributed by atoms with E-state index >= 15 is 0 Å². The topological polar surface area (TPSA) is 24.1 Å². The Bertz CT molecular complexity index is 123. The molecule has 0 bridgehead atoms. The largest absolute Gasteiger partial charge is 0.297 e. The van der Waals surface area contributed by atoms with Crippen molar-refractivity contribution in [2.24, 2.45) is 0 Å². The standard InChI is InChI=1S/C8H16N2/c1-3-4-7(2)8-9-5-6-10-8/h4,8-10H,3,5-6H2,1-2H3/b7-4+. The highest BCUT2D eigenvalue weighted by molar-refractivity contribution is 5.07. The van der Waals surface area contributed by atoms with E-state index in [1.165, 1.54) is 5.57 Å². The fourth-order valence-electron chi connectivity index (χ4n) is 1.27. The molecular formula is C8H16N2. The van der Waals surface area contributed by atoms with Crippen LogP contribution < -0.4 is 10.6 Å². The van der Waals surface area contributed by atoms with Crippen molar-refractivity contribution >= 4 is 0 Å². The summed E-state index contributed by atoms with van der Waals surface area (Å²) >= 11 is 0. The number of hydrogen-bond donors (Lipinski definition) is 2. The highest BCUT2D eigenvalue weighted by Gasteiger charge is 2.12. The van der Waals surface area contributed by atoms with E-state index in [0.29, 0.717) is 6.17 Å². The molecule has 2 N–H and O–H groups in total. The van der Waals surface area contributed by atoms with Crippen molar-refractivity contribution in [1.29, 1.82) is 0 Å². The highest BCUT2D eigenvalue weighted by Crippen LogP contribution is 2.01. The number of nitrogens with one attached hydrogen (secondary N) is 2. The lowest BCUT2D eigenvalue weighted by Crippen LogP contribution is -2.31. The molecule has 0 aromatic rings. The molecule has 2 nitrogen and oxygen atoms in total. The minimum atomic E-state index is 0.444. The molecule has 0 atom stereocenters. The predicted molar refractivity (Wildman–Crippen MR) is 43.8 cm³/mol. The van der Waals surface area contributed by atoms with Crippen molar-refractivity contribution in [1.82, 2.24) is 10.6 Å². The van der Waals surface area contributed by atoms with Crippen molar-refractivity contribution < 1.29 is 0 Å². The van der Waals surface area contributed by atoms with Crippen molar-refractivity contribution in [3.05, 3.63) is 11.6 Å². The van der Waals surface area contributed by atoms with Gasteiger partial charge in [0.05, 0.1) is 6.17 Å². The average molecular weight is 140 g/mol. The van der Waals surface area contributed by atoms with Gasteiger partial charge in [0.25, 0.3) is 0 Å². The maximum absolute atomic E-state index is 3.36. The summed E-state index contributed by atoms with van der Waals surface area (Å²) in [6.45, 7) is 6.52. The van der Waals surface area contributed by atoms with Crippen molar-refractivity contribution in [3.63, 3.8) is 0 Å². The lowest BCUT2D eigenvalue weighted by molar-refractivity contribution is 0.628. The van der Waals surface area contributed by atoms with Gasteiger partial charge in [-0.3, -0.25) is 10.6 Å².